The lowest BCUT2D eigenvalue weighted by Gasteiger charge is -2.17. The van der Waals surface area contributed by atoms with E-state index < -0.39 is 0 Å². The lowest BCUT2D eigenvalue weighted by Crippen LogP contribution is -2.31. The van der Waals surface area contributed by atoms with E-state index in [1.807, 2.05) is 17.9 Å². The molecule has 3 rings (SSSR count). The number of aromatic nitrogens is 3. The smallest absolute Gasteiger partial charge is 0.254 e. The third-order valence-electron chi connectivity index (χ3n) is 3.93. The Labute approximate surface area is 141 Å². The van der Waals surface area contributed by atoms with Gasteiger partial charge in [-0.3, -0.25) is 9.78 Å². The average molecular weight is 327 g/mol. The molecule has 7 heteroatoms. The molecule has 0 aromatic carbocycles. The van der Waals surface area contributed by atoms with Crippen LogP contribution in [0.3, 0.4) is 0 Å². The maximum Gasteiger partial charge on any atom is 0.254 e. The van der Waals surface area contributed by atoms with E-state index in [9.17, 15) is 4.79 Å². The van der Waals surface area contributed by atoms with E-state index >= 15 is 0 Å². The minimum absolute atomic E-state index is 0.0423. The molecule has 0 spiro atoms. The number of amides is 1. The third kappa shape index (κ3) is 3.86. The number of pyridine rings is 1. The summed E-state index contributed by atoms with van der Waals surface area (Å²) in [6, 6.07) is 5.58. The van der Waals surface area contributed by atoms with E-state index in [0.717, 1.165) is 24.5 Å². The van der Waals surface area contributed by atoms with Gasteiger partial charge in [0.05, 0.1) is 0 Å². The van der Waals surface area contributed by atoms with Gasteiger partial charge in [0.15, 0.2) is 5.82 Å². The molecule has 1 aliphatic rings. The van der Waals surface area contributed by atoms with Crippen molar-refractivity contribution < 1.29 is 9.53 Å². The van der Waals surface area contributed by atoms with Crippen molar-refractivity contribution in [1.82, 2.24) is 19.9 Å². The lowest BCUT2D eigenvalue weighted by atomic mass is 10.2. The fourth-order valence-electron chi connectivity index (χ4n) is 2.85. The average Bonchev–Trinajstić information content (AvgIpc) is 3.03. The van der Waals surface area contributed by atoms with Gasteiger partial charge in [0, 0.05) is 56.0 Å². The van der Waals surface area contributed by atoms with Crippen molar-refractivity contribution in [2.75, 3.05) is 25.5 Å². The molecule has 2 aromatic heterocycles. The molecule has 1 aliphatic heterocycles. The second-order valence-corrected chi connectivity index (χ2v) is 5.86. The molecular formula is C17H21N5O2. The van der Waals surface area contributed by atoms with Gasteiger partial charge in [-0.2, -0.15) is 0 Å². The highest BCUT2D eigenvalue weighted by atomic mass is 16.5. The van der Waals surface area contributed by atoms with Gasteiger partial charge < -0.3 is 15.0 Å². The van der Waals surface area contributed by atoms with Crippen LogP contribution in [0, 0.1) is 6.92 Å². The van der Waals surface area contributed by atoms with Gasteiger partial charge in [0.2, 0.25) is 0 Å². The Hall–Kier alpha value is -2.54. The number of hydrogen-bond donors (Lipinski definition) is 1. The number of methoxy groups -OCH3 is 1. The molecule has 0 radical (unpaired) electrons. The molecule has 3 heterocycles. The highest BCUT2D eigenvalue weighted by Gasteiger charge is 2.27. The third-order valence-corrected chi connectivity index (χ3v) is 3.93. The van der Waals surface area contributed by atoms with Crippen LogP contribution in [-0.4, -0.2) is 52.0 Å². The summed E-state index contributed by atoms with van der Waals surface area (Å²) in [6.45, 7) is 3.70. The second-order valence-electron chi connectivity index (χ2n) is 5.86. The van der Waals surface area contributed by atoms with E-state index in [0.29, 0.717) is 24.5 Å². The number of carbonyl (C=O) groups is 1. The number of likely N-dealkylation sites (tertiary alicyclic amines) is 1. The maximum atomic E-state index is 12.5. The Morgan fingerprint density at radius 3 is 2.92 bits per heavy atom. The van der Waals surface area contributed by atoms with Crippen molar-refractivity contribution in [3.63, 3.8) is 0 Å². The number of aryl methyl sites for hydroxylation is 1. The summed E-state index contributed by atoms with van der Waals surface area (Å²) in [4.78, 5) is 27.1. The monoisotopic (exact) mass is 327 g/mol. The summed E-state index contributed by atoms with van der Waals surface area (Å²) in [6.07, 6.45) is 4.17. The molecule has 0 aliphatic carbocycles. The summed E-state index contributed by atoms with van der Waals surface area (Å²) < 4.78 is 5.09. The fourth-order valence-corrected chi connectivity index (χ4v) is 2.85. The van der Waals surface area contributed by atoms with Crippen molar-refractivity contribution in [2.24, 2.45) is 0 Å². The summed E-state index contributed by atoms with van der Waals surface area (Å²) in [7, 11) is 1.62. The van der Waals surface area contributed by atoms with E-state index in [2.05, 4.69) is 20.3 Å². The van der Waals surface area contributed by atoms with E-state index in [1.165, 1.54) is 0 Å². The molecule has 0 saturated carbocycles. The van der Waals surface area contributed by atoms with Gasteiger partial charge in [-0.25, -0.2) is 9.97 Å². The lowest BCUT2D eigenvalue weighted by molar-refractivity contribution is 0.0791. The second kappa shape index (κ2) is 7.35. The van der Waals surface area contributed by atoms with Crippen LogP contribution in [-0.2, 0) is 11.3 Å². The summed E-state index contributed by atoms with van der Waals surface area (Å²) in [5, 5.41) is 3.40. The predicted octanol–water partition coefficient (Wildman–Crippen LogP) is 1.65. The molecule has 1 saturated heterocycles. The van der Waals surface area contributed by atoms with Gasteiger partial charge in [0.25, 0.3) is 5.91 Å². The Balaban J connectivity index is 1.63. The van der Waals surface area contributed by atoms with Crippen molar-refractivity contribution in [1.29, 1.82) is 0 Å². The van der Waals surface area contributed by atoms with Crippen LogP contribution in [0.1, 0.15) is 28.3 Å². The summed E-state index contributed by atoms with van der Waals surface area (Å²) in [5.41, 5.74) is 1.56. The first kappa shape index (κ1) is 16.3. The maximum absolute atomic E-state index is 12.5. The van der Waals surface area contributed by atoms with Crippen molar-refractivity contribution in [2.45, 2.75) is 26.0 Å². The highest BCUT2D eigenvalue weighted by Crippen LogP contribution is 2.17. The molecule has 1 fully saturated rings. The van der Waals surface area contributed by atoms with Crippen molar-refractivity contribution >= 4 is 11.7 Å². The van der Waals surface area contributed by atoms with E-state index in [-0.39, 0.29) is 11.9 Å². The molecule has 24 heavy (non-hydrogen) atoms. The normalized spacial score (nSPS) is 17.1. The standard InChI is InChI=1S/C17H21N5O2/c1-12-9-15(21-16(19-12)11-24-2)20-14-5-8-22(10-14)17(23)13-3-6-18-7-4-13/h3-4,6-7,9,14H,5,8,10-11H2,1-2H3,(H,19,20,21). The Morgan fingerprint density at radius 1 is 1.38 bits per heavy atom. The zero-order chi connectivity index (χ0) is 16.9. The molecule has 7 nitrogen and oxygen atoms in total. The molecule has 126 valence electrons. The molecule has 1 unspecified atom stereocenters. The van der Waals surface area contributed by atoms with Crippen LogP contribution in [0.5, 0.6) is 0 Å². The van der Waals surface area contributed by atoms with Crippen LogP contribution in [0.4, 0.5) is 5.82 Å². The van der Waals surface area contributed by atoms with Crippen LogP contribution in [0.15, 0.2) is 30.6 Å². The number of nitrogens with zero attached hydrogens (tertiary/aromatic N) is 4. The zero-order valence-electron chi connectivity index (χ0n) is 13.9. The van der Waals surface area contributed by atoms with E-state index in [4.69, 9.17) is 4.74 Å². The topological polar surface area (TPSA) is 80.2 Å². The summed E-state index contributed by atoms with van der Waals surface area (Å²) >= 11 is 0. The SMILES string of the molecule is COCc1nc(C)cc(NC2CCN(C(=O)c3ccncc3)C2)n1. The predicted molar refractivity (Wildman–Crippen MR) is 89.7 cm³/mol. The molecule has 1 amide bonds. The first-order valence-corrected chi connectivity index (χ1v) is 7.95. The van der Waals surface area contributed by atoms with Crippen LogP contribution >= 0.6 is 0 Å². The largest absolute Gasteiger partial charge is 0.377 e. The van der Waals surface area contributed by atoms with Gasteiger partial charge >= 0.3 is 0 Å². The van der Waals surface area contributed by atoms with Gasteiger partial charge in [-0.15, -0.1) is 0 Å². The van der Waals surface area contributed by atoms with Crippen molar-refractivity contribution in [3.8, 4) is 0 Å². The molecular weight excluding hydrogens is 306 g/mol. The van der Waals surface area contributed by atoms with Gasteiger partial charge in [0.1, 0.15) is 12.4 Å². The van der Waals surface area contributed by atoms with Crippen LogP contribution in [0.2, 0.25) is 0 Å². The fraction of sp³-hybridized carbons (Fsp3) is 0.412. The molecule has 0 bridgehead atoms. The van der Waals surface area contributed by atoms with Crippen molar-refractivity contribution in [3.05, 3.63) is 47.7 Å². The Kier molecular flexibility index (Phi) is 5.00. The number of rotatable bonds is 5. The highest BCUT2D eigenvalue weighted by molar-refractivity contribution is 5.94. The minimum atomic E-state index is 0.0423. The Bertz CT molecular complexity index is 707. The van der Waals surface area contributed by atoms with Gasteiger partial charge in [-0.05, 0) is 25.5 Å². The molecule has 2 aromatic rings. The van der Waals surface area contributed by atoms with E-state index in [1.54, 1.807) is 31.6 Å². The first-order chi connectivity index (χ1) is 11.7. The number of anilines is 1. The number of carbonyl (C=O) groups excluding carboxylic acids is 1. The number of hydrogen-bond acceptors (Lipinski definition) is 6. The number of nitrogens with one attached hydrogen (secondary N) is 1. The molecule has 1 N–H and O–H groups in total. The van der Waals surface area contributed by atoms with Crippen LogP contribution < -0.4 is 5.32 Å². The minimum Gasteiger partial charge on any atom is -0.377 e. The zero-order valence-corrected chi connectivity index (χ0v) is 13.9. The molecule has 1 atom stereocenters. The Morgan fingerprint density at radius 2 is 2.17 bits per heavy atom. The first-order valence-electron chi connectivity index (χ1n) is 7.95. The van der Waals surface area contributed by atoms with Gasteiger partial charge in [-0.1, -0.05) is 0 Å². The van der Waals surface area contributed by atoms with Crippen LogP contribution in [0.25, 0.3) is 0 Å². The number of ether oxygens (including phenoxy) is 1. The quantitative estimate of drug-likeness (QED) is 0.899. The summed E-state index contributed by atoms with van der Waals surface area (Å²) in [5.74, 6) is 1.47.